The van der Waals surface area contributed by atoms with E-state index in [2.05, 4.69) is 5.32 Å². The highest BCUT2D eigenvalue weighted by Crippen LogP contribution is 1.98. The summed E-state index contributed by atoms with van der Waals surface area (Å²) in [5, 5.41) is 19.2. The van der Waals surface area contributed by atoms with Gasteiger partial charge in [-0.05, 0) is 13.8 Å². The van der Waals surface area contributed by atoms with Gasteiger partial charge in [-0.2, -0.15) is 5.26 Å². The molecule has 0 aliphatic heterocycles. The zero-order chi connectivity index (χ0) is 11.8. The summed E-state index contributed by atoms with van der Waals surface area (Å²) < 4.78 is 0. The van der Waals surface area contributed by atoms with E-state index in [1.807, 2.05) is 6.07 Å². The van der Waals surface area contributed by atoms with Crippen molar-refractivity contribution in [2.24, 2.45) is 5.92 Å². The van der Waals surface area contributed by atoms with Crippen LogP contribution < -0.4 is 5.32 Å². The molecule has 0 fully saturated rings. The van der Waals surface area contributed by atoms with Gasteiger partial charge in [-0.3, -0.25) is 4.79 Å². The molecule has 0 aliphatic carbocycles. The number of amides is 2. The fourth-order valence-electron chi connectivity index (χ4n) is 0.990. The first-order valence-corrected chi connectivity index (χ1v) is 4.65. The Kier molecular flexibility index (Phi) is 5.86. The standard InChI is InChI=1S/C9H15N3O3/c1-3-12(6-7(2)4-10)9(15)11-5-8(13)14/h7H,3,5-6H2,1-2H3,(H,11,15)(H,13,14). The maximum Gasteiger partial charge on any atom is 0.323 e. The number of hydrogen-bond acceptors (Lipinski definition) is 3. The fourth-order valence-corrected chi connectivity index (χ4v) is 0.990. The number of hydrogen-bond donors (Lipinski definition) is 2. The number of rotatable bonds is 5. The molecule has 0 rings (SSSR count). The van der Waals surface area contributed by atoms with Gasteiger partial charge in [0.15, 0.2) is 0 Å². The third-order valence-corrected chi connectivity index (χ3v) is 1.77. The molecule has 0 heterocycles. The normalized spacial score (nSPS) is 11.3. The molecule has 1 atom stereocenters. The minimum Gasteiger partial charge on any atom is -0.480 e. The molecule has 6 nitrogen and oxygen atoms in total. The van der Waals surface area contributed by atoms with Gasteiger partial charge in [0.1, 0.15) is 6.54 Å². The van der Waals surface area contributed by atoms with Crippen LogP contribution in [0.25, 0.3) is 0 Å². The molecule has 0 bridgehead atoms. The number of nitrogens with one attached hydrogen (secondary N) is 1. The van der Waals surface area contributed by atoms with Gasteiger partial charge >= 0.3 is 12.0 Å². The molecule has 0 aliphatic rings. The summed E-state index contributed by atoms with van der Waals surface area (Å²) in [6.45, 7) is 3.81. The zero-order valence-electron chi connectivity index (χ0n) is 8.86. The molecular formula is C9H15N3O3. The summed E-state index contributed by atoms with van der Waals surface area (Å²) in [5.41, 5.74) is 0. The van der Waals surface area contributed by atoms with E-state index in [1.54, 1.807) is 13.8 Å². The molecule has 2 amide bonds. The summed E-state index contributed by atoms with van der Waals surface area (Å²) >= 11 is 0. The molecule has 0 aromatic rings. The van der Waals surface area contributed by atoms with Crippen LogP contribution in [-0.2, 0) is 4.79 Å². The van der Waals surface area contributed by atoms with Gasteiger partial charge in [0.05, 0.1) is 12.0 Å². The van der Waals surface area contributed by atoms with Crippen molar-refractivity contribution in [2.45, 2.75) is 13.8 Å². The summed E-state index contributed by atoms with van der Waals surface area (Å²) in [4.78, 5) is 23.0. The number of carboxylic acids is 1. The van der Waals surface area contributed by atoms with E-state index in [0.29, 0.717) is 13.1 Å². The molecule has 15 heavy (non-hydrogen) atoms. The molecule has 0 saturated carbocycles. The van der Waals surface area contributed by atoms with Gasteiger partial charge in [0.2, 0.25) is 0 Å². The van der Waals surface area contributed by atoms with Gasteiger partial charge in [0.25, 0.3) is 0 Å². The second-order valence-corrected chi connectivity index (χ2v) is 3.12. The van der Waals surface area contributed by atoms with Crippen molar-refractivity contribution < 1.29 is 14.7 Å². The van der Waals surface area contributed by atoms with Crippen LogP contribution >= 0.6 is 0 Å². The first-order chi connectivity index (χ1) is 7.01. The number of carboxylic acid groups (broad SMARTS) is 1. The SMILES string of the molecule is CCN(CC(C)C#N)C(=O)NCC(=O)O. The molecule has 0 radical (unpaired) electrons. The van der Waals surface area contributed by atoms with Gasteiger partial charge in [-0.1, -0.05) is 0 Å². The van der Waals surface area contributed by atoms with E-state index in [0.717, 1.165) is 0 Å². The number of carbonyl (C=O) groups is 2. The minimum absolute atomic E-state index is 0.263. The van der Waals surface area contributed by atoms with Crippen LogP contribution in [0.3, 0.4) is 0 Å². The number of nitriles is 1. The highest BCUT2D eigenvalue weighted by atomic mass is 16.4. The molecule has 84 valence electrons. The monoisotopic (exact) mass is 213 g/mol. The average molecular weight is 213 g/mol. The van der Waals surface area contributed by atoms with Crippen molar-refractivity contribution in [2.75, 3.05) is 19.6 Å². The lowest BCUT2D eigenvalue weighted by atomic mass is 10.2. The maximum absolute atomic E-state index is 11.4. The molecule has 0 spiro atoms. The first kappa shape index (κ1) is 13.2. The lowest BCUT2D eigenvalue weighted by Gasteiger charge is -2.21. The van der Waals surface area contributed by atoms with Gasteiger partial charge in [0, 0.05) is 13.1 Å². The number of aliphatic carboxylic acids is 1. The molecule has 1 unspecified atom stereocenters. The Labute approximate surface area is 88.5 Å². The number of carbonyl (C=O) groups excluding carboxylic acids is 1. The quantitative estimate of drug-likeness (QED) is 0.685. The highest BCUT2D eigenvalue weighted by Gasteiger charge is 2.14. The lowest BCUT2D eigenvalue weighted by Crippen LogP contribution is -2.43. The second kappa shape index (κ2) is 6.65. The summed E-state index contributed by atoms with van der Waals surface area (Å²) in [6, 6.07) is 1.55. The van der Waals surface area contributed by atoms with Crippen LogP contribution in [0.2, 0.25) is 0 Å². The van der Waals surface area contributed by atoms with Gasteiger partial charge in [-0.25, -0.2) is 4.79 Å². The van der Waals surface area contributed by atoms with Gasteiger partial charge in [-0.15, -0.1) is 0 Å². The topological polar surface area (TPSA) is 93.4 Å². The van der Waals surface area contributed by atoms with E-state index in [4.69, 9.17) is 10.4 Å². The van der Waals surface area contributed by atoms with Crippen LogP contribution in [0.15, 0.2) is 0 Å². The Morgan fingerprint density at radius 2 is 2.20 bits per heavy atom. The fraction of sp³-hybridized carbons (Fsp3) is 0.667. The predicted octanol–water partition coefficient (Wildman–Crippen LogP) is 0.262. The molecule has 0 aromatic heterocycles. The Morgan fingerprint density at radius 3 is 2.60 bits per heavy atom. The van der Waals surface area contributed by atoms with Crippen LogP contribution in [0.5, 0.6) is 0 Å². The molecular weight excluding hydrogens is 198 g/mol. The van der Waals surface area contributed by atoms with Crippen LogP contribution in [0, 0.1) is 17.2 Å². The van der Waals surface area contributed by atoms with Gasteiger partial charge < -0.3 is 15.3 Å². The second-order valence-electron chi connectivity index (χ2n) is 3.12. The molecule has 2 N–H and O–H groups in total. The van der Waals surface area contributed by atoms with Crippen molar-refractivity contribution in [1.82, 2.24) is 10.2 Å². The third kappa shape index (κ3) is 5.52. The largest absolute Gasteiger partial charge is 0.480 e. The average Bonchev–Trinajstić information content (AvgIpc) is 2.21. The Balaban J connectivity index is 4.11. The number of nitrogens with zero attached hydrogens (tertiary/aromatic N) is 2. The van der Waals surface area contributed by atoms with Crippen molar-refractivity contribution in [3.05, 3.63) is 0 Å². The Bertz CT molecular complexity index is 272. The van der Waals surface area contributed by atoms with E-state index in [-0.39, 0.29) is 5.92 Å². The van der Waals surface area contributed by atoms with Crippen molar-refractivity contribution >= 4 is 12.0 Å². The summed E-state index contributed by atoms with van der Waals surface area (Å²) in [6.07, 6.45) is 0. The van der Waals surface area contributed by atoms with Crippen molar-refractivity contribution in [1.29, 1.82) is 5.26 Å². The predicted molar refractivity (Wildman–Crippen MR) is 53.1 cm³/mol. The minimum atomic E-state index is -1.09. The van der Waals surface area contributed by atoms with E-state index in [9.17, 15) is 9.59 Å². The zero-order valence-corrected chi connectivity index (χ0v) is 8.86. The van der Waals surface area contributed by atoms with Crippen LogP contribution in [0.1, 0.15) is 13.8 Å². The van der Waals surface area contributed by atoms with Crippen molar-refractivity contribution in [3.63, 3.8) is 0 Å². The maximum atomic E-state index is 11.4. The molecule has 0 saturated heterocycles. The highest BCUT2D eigenvalue weighted by molar-refractivity contribution is 5.79. The van der Waals surface area contributed by atoms with Crippen LogP contribution in [0.4, 0.5) is 4.79 Å². The van der Waals surface area contributed by atoms with E-state index >= 15 is 0 Å². The Hall–Kier alpha value is -1.77. The van der Waals surface area contributed by atoms with Crippen molar-refractivity contribution in [3.8, 4) is 6.07 Å². The number of urea groups is 1. The lowest BCUT2D eigenvalue weighted by molar-refractivity contribution is -0.135. The summed E-state index contributed by atoms with van der Waals surface area (Å²) in [7, 11) is 0. The Morgan fingerprint density at radius 1 is 1.60 bits per heavy atom. The van der Waals surface area contributed by atoms with Crippen LogP contribution in [-0.4, -0.2) is 41.6 Å². The summed E-state index contributed by atoms with van der Waals surface area (Å²) in [5.74, 6) is -1.35. The molecule has 6 heteroatoms. The third-order valence-electron chi connectivity index (χ3n) is 1.77. The first-order valence-electron chi connectivity index (χ1n) is 4.65. The van der Waals surface area contributed by atoms with E-state index in [1.165, 1.54) is 4.90 Å². The molecule has 0 aromatic carbocycles. The van der Waals surface area contributed by atoms with E-state index < -0.39 is 18.5 Å². The smallest absolute Gasteiger partial charge is 0.323 e.